The number of hydrogen-bond donors (Lipinski definition) is 0. The van der Waals surface area contributed by atoms with E-state index in [1.54, 1.807) is 0 Å². The molecule has 0 N–H and O–H groups in total. The van der Waals surface area contributed by atoms with Crippen LogP contribution < -0.4 is 4.74 Å². The highest BCUT2D eigenvalue weighted by Crippen LogP contribution is 2.53. The van der Waals surface area contributed by atoms with Gasteiger partial charge in [0.25, 0.3) is 0 Å². The Kier molecular flexibility index (Phi) is 5.09. The molecule has 0 radical (unpaired) electrons. The molecule has 8 rings (SSSR count). The van der Waals surface area contributed by atoms with Gasteiger partial charge in [0.1, 0.15) is 11.9 Å². The number of hydrogen-bond acceptors (Lipinski definition) is 1. The first kappa shape index (κ1) is 23.0. The molecule has 0 saturated carbocycles. The molecule has 0 aromatic heterocycles. The molecule has 2 unspecified atom stereocenters. The van der Waals surface area contributed by atoms with Gasteiger partial charge in [0.05, 0.1) is 5.41 Å². The van der Waals surface area contributed by atoms with Gasteiger partial charge in [-0.3, -0.25) is 0 Å². The Labute approximate surface area is 234 Å². The lowest BCUT2D eigenvalue weighted by atomic mass is 9.73. The van der Waals surface area contributed by atoms with Gasteiger partial charge >= 0.3 is 0 Å². The van der Waals surface area contributed by atoms with E-state index < -0.39 is 0 Å². The minimum Gasteiger partial charge on any atom is -0.485 e. The van der Waals surface area contributed by atoms with Gasteiger partial charge in [-0.15, -0.1) is 0 Å². The predicted molar refractivity (Wildman–Crippen MR) is 168 cm³/mol. The molecule has 1 nitrogen and oxygen atoms in total. The summed E-state index contributed by atoms with van der Waals surface area (Å²) in [5.41, 5.74) is 8.56. The Morgan fingerprint density at radius 3 is 1.77 bits per heavy atom. The molecule has 1 heteroatoms. The summed E-state index contributed by atoms with van der Waals surface area (Å²) in [6.45, 7) is 2.31. The topological polar surface area (TPSA) is 9.23 Å². The van der Waals surface area contributed by atoms with Crippen molar-refractivity contribution >= 4 is 21.5 Å². The predicted octanol–water partition coefficient (Wildman–Crippen LogP) is 10.1. The van der Waals surface area contributed by atoms with Crippen molar-refractivity contribution in [3.05, 3.63) is 151 Å². The number of rotatable bonds is 3. The highest BCUT2D eigenvalue weighted by Gasteiger charge is 2.45. The summed E-state index contributed by atoms with van der Waals surface area (Å²) in [6.07, 6.45) is 8.75. The summed E-state index contributed by atoms with van der Waals surface area (Å²) in [7, 11) is 0. The third kappa shape index (κ3) is 3.34. The van der Waals surface area contributed by atoms with Crippen molar-refractivity contribution in [3.63, 3.8) is 0 Å². The van der Waals surface area contributed by atoms with E-state index in [4.69, 9.17) is 4.74 Å². The molecule has 1 heterocycles. The van der Waals surface area contributed by atoms with Gasteiger partial charge in [0.2, 0.25) is 0 Å². The van der Waals surface area contributed by atoms with E-state index in [9.17, 15) is 0 Å². The smallest absolute Gasteiger partial charge is 0.130 e. The standard InChI is InChI=1S/C39H28O/c1-39-25-10-9-20-35(39)40-34-19-11-18-33(38(34)39)37-31-16-7-5-14-29(31)36(30-15-6-8-17-32(30)37)28-23-21-27(22-24-28)26-12-3-2-4-13-26/h2-25,35H,1H3. The maximum atomic E-state index is 6.50. The normalized spacial score (nSPS) is 19.0. The van der Waals surface area contributed by atoms with Crippen LogP contribution in [0, 0.1) is 0 Å². The zero-order valence-electron chi connectivity index (χ0n) is 22.3. The molecule has 0 bridgehead atoms. The van der Waals surface area contributed by atoms with Gasteiger partial charge in [0.15, 0.2) is 0 Å². The summed E-state index contributed by atoms with van der Waals surface area (Å²) >= 11 is 0. The zero-order valence-corrected chi connectivity index (χ0v) is 22.3. The number of ether oxygens (including phenoxy) is 1. The second-order valence-corrected chi connectivity index (χ2v) is 11.0. The highest BCUT2D eigenvalue weighted by atomic mass is 16.5. The van der Waals surface area contributed by atoms with Crippen LogP contribution in [0.2, 0.25) is 0 Å². The average Bonchev–Trinajstić information content (AvgIpc) is 3.33. The summed E-state index contributed by atoms with van der Waals surface area (Å²) in [5, 5.41) is 5.06. The molecule has 6 aromatic rings. The van der Waals surface area contributed by atoms with Crippen molar-refractivity contribution in [3.8, 4) is 39.1 Å². The minimum absolute atomic E-state index is 0.00795. The first-order chi connectivity index (χ1) is 19.7. The number of allylic oxidation sites excluding steroid dienone is 2. The van der Waals surface area contributed by atoms with Crippen LogP contribution in [0.1, 0.15) is 12.5 Å². The Balaban J connectivity index is 1.41. The fourth-order valence-corrected chi connectivity index (χ4v) is 6.82. The van der Waals surface area contributed by atoms with Crippen molar-refractivity contribution in [1.82, 2.24) is 0 Å². The lowest BCUT2D eigenvalue weighted by Crippen LogP contribution is -2.33. The Hall–Kier alpha value is -4.88. The maximum Gasteiger partial charge on any atom is 0.130 e. The van der Waals surface area contributed by atoms with Crippen molar-refractivity contribution in [2.75, 3.05) is 0 Å². The first-order valence-electron chi connectivity index (χ1n) is 14.0. The van der Waals surface area contributed by atoms with Gasteiger partial charge < -0.3 is 4.74 Å². The SMILES string of the molecule is CC12C=CC=CC1Oc1cccc(-c3c4ccccc4c(-c4ccc(-c5ccccc5)cc4)c4ccccc34)c12. The van der Waals surface area contributed by atoms with Crippen LogP contribution >= 0.6 is 0 Å². The van der Waals surface area contributed by atoms with E-state index in [1.165, 1.54) is 60.5 Å². The summed E-state index contributed by atoms with van der Waals surface area (Å²) in [6, 6.07) is 43.9. The van der Waals surface area contributed by atoms with Crippen molar-refractivity contribution in [2.24, 2.45) is 0 Å². The first-order valence-corrected chi connectivity index (χ1v) is 14.0. The molecule has 6 aromatic carbocycles. The van der Waals surface area contributed by atoms with Crippen LogP contribution in [0.25, 0.3) is 54.9 Å². The Morgan fingerprint density at radius 1 is 0.525 bits per heavy atom. The van der Waals surface area contributed by atoms with Crippen LogP contribution in [0.15, 0.2) is 146 Å². The Bertz CT molecular complexity index is 1920. The van der Waals surface area contributed by atoms with E-state index in [-0.39, 0.29) is 11.5 Å². The van der Waals surface area contributed by atoms with E-state index in [2.05, 4.69) is 153 Å². The minimum atomic E-state index is -0.213. The second kappa shape index (κ2) is 8.83. The molecule has 2 atom stereocenters. The van der Waals surface area contributed by atoms with E-state index in [0.717, 1.165) is 5.75 Å². The quantitative estimate of drug-likeness (QED) is 0.214. The molecule has 2 aliphatic rings. The number of fused-ring (bicyclic) bond motifs is 5. The van der Waals surface area contributed by atoms with Gasteiger partial charge in [0, 0.05) is 5.56 Å². The van der Waals surface area contributed by atoms with Crippen molar-refractivity contribution in [1.29, 1.82) is 0 Å². The van der Waals surface area contributed by atoms with Gasteiger partial charge in [-0.05, 0) is 74.0 Å². The summed E-state index contributed by atoms with van der Waals surface area (Å²) in [4.78, 5) is 0. The third-order valence-corrected chi connectivity index (χ3v) is 8.73. The molecule has 0 fully saturated rings. The van der Waals surface area contributed by atoms with Crippen LogP contribution in [-0.2, 0) is 5.41 Å². The average molecular weight is 513 g/mol. The molecule has 0 saturated heterocycles. The third-order valence-electron chi connectivity index (χ3n) is 8.73. The summed E-state index contributed by atoms with van der Waals surface area (Å²) in [5.74, 6) is 0.981. The molecule has 190 valence electrons. The fourth-order valence-electron chi connectivity index (χ4n) is 6.82. The molecule has 40 heavy (non-hydrogen) atoms. The van der Waals surface area contributed by atoms with Crippen molar-refractivity contribution < 1.29 is 4.74 Å². The molecular weight excluding hydrogens is 484 g/mol. The molecular formula is C39H28O. The monoisotopic (exact) mass is 512 g/mol. The van der Waals surface area contributed by atoms with E-state index in [1.807, 2.05) is 0 Å². The van der Waals surface area contributed by atoms with Crippen molar-refractivity contribution in [2.45, 2.75) is 18.4 Å². The molecule has 0 spiro atoms. The highest BCUT2D eigenvalue weighted by molar-refractivity contribution is 6.21. The van der Waals surface area contributed by atoms with E-state index in [0.29, 0.717) is 0 Å². The van der Waals surface area contributed by atoms with Crippen LogP contribution in [0.3, 0.4) is 0 Å². The lowest BCUT2D eigenvalue weighted by molar-refractivity contribution is 0.228. The largest absolute Gasteiger partial charge is 0.485 e. The maximum absolute atomic E-state index is 6.50. The van der Waals surface area contributed by atoms with E-state index >= 15 is 0 Å². The van der Waals surface area contributed by atoms with Crippen LogP contribution in [-0.4, -0.2) is 6.10 Å². The van der Waals surface area contributed by atoms with Gasteiger partial charge in [-0.25, -0.2) is 0 Å². The molecule has 1 aliphatic heterocycles. The summed E-state index contributed by atoms with van der Waals surface area (Å²) < 4.78 is 6.50. The van der Waals surface area contributed by atoms with Gasteiger partial charge in [-0.2, -0.15) is 0 Å². The fraction of sp³-hybridized carbons (Fsp3) is 0.0769. The molecule has 1 aliphatic carbocycles. The van der Waals surface area contributed by atoms with Gasteiger partial charge in [-0.1, -0.05) is 133 Å². The Morgan fingerprint density at radius 2 is 1.10 bits per heavy atom. The molecule has 0 amide bonds. The lowest BCUT2D eigenvalue weighted by Gasteiger charge is -2.29. The zero-order chi connectivity index (χ0) is 26.7. The number of benzene rings is 6. The van der Waals surface area contributed by atoms with Crippen LogP contribution in [0.4, 0.5) is 0 Å². The van der Waals surface area contributed by atoms with Crippen LogP contribution in [0.5, 0.6) is 5.75 Å². The second-order valence-electron chi connectivity index (χ2n) is 11.0.